The van der Waals surface area contributed by atoms with E-state index in [9.17, 15) is 0 Å². The minimum Gasteiger partial charge on any atom is -0.245 e. The largest absolute Gasteiger partial charge is 0.245 e. The molecule has 0 fully saturated rings. The predicted molar refractivity (Wildman–Crippen MR) is 29.6 cm³/mol. The molecular formula is C5H3N4. The number of rotatable bonds is 0. The van der Waals surface area contributed by atoms with Gasteiger partial charge in [-0.1, -0.05) is 0 Å². The molecule has 2 rings (SSSR count). The maximum atomic E-state index is 3.83. The van der Waals surface area contributed by atoms with Gasteiger partial charge in [-0.2, -0.15) is 0 Å². The molecule has 4 nitrogen and oxygen atoms in total. The van der Waals surface area contributed by atoms with Crippen LogP contribution in [0, 0.1) is 6.33 Å². The van der Waals surface area contributed by atoms with Crippen LogP contribution in [0.4, 0.5) is 0 Å². The van der Waals surface area contributed by atoms with Crippen molar-refractivity contribution in [3.05, 3.63) is 24.9 Å². The maximum absolute atomic E-state index is 3.83. The van der Waals surface area contributed by atoms with Crippen LogP contribution in [-0.2, 0) is 0 Å². The van der Waals surface area contributed by atoms with Crippen molar-refractivity contribution in [2.24, 2.45) is 0 Å². The molecule has 0 atom stereocenters. The summed E-state index contributed by atoms with van der Waals surface area (Å²) in [5.74, 6) is 0. The first-order valence-corrected chi connectivity index (χ1v) is 2.49. The third-order valence-electron chi connectivity index (χ3n) is 1.04. The maximum Gasteiger partial charge on any atom is 0.221 e. The Bertz CT molecular complexity index is 283. The molecule has 0 unspecified atom stereocenters. The van der Waals surface area contributed by atoms with Crippen molar-refractivity contribution in [1.29, 1.82) is 0 Å². The van der Waals surface area contributed by atoms with Crippen molar-refractivity contribution in [3.8, 4) is 0 Å². The molecule has 2 aromatic rings. The Labute approximate surface area is 51.2 Å². The highest BCUT2D eigenvalue weighted by Gasteiger charge is 1.88. The molecule has 2 aromatic heterocycles. The van der Waals surface area contributed by atoms with Crippen LogP contribution in [0.25, 0.3) is 5.65 Å². The summed E-state index contributed by atoms with van der Waals surface area (Å²) in [4.78, 5) is 7.63. The number of hydrogen-bond donors (Lipinski definition) is 0. The molecule has 0 aliphatic carbocycles. The zero-order chi connectivity index (χ0) is 6.10. The molecule has 9 heavy (non-hydrogen) atoms. The lowest BCUT2D eigenvalue weighted by molar-refractivity contribution is 0.918. The van der Waals surface area contributed by atoms with Crippen LogP contribution in [0.5, 0.6) is 0 Å². The van der Waals surface area contributed by atoms with Crippen LogP contribution >= 0.6 is 0 Å². The van der Waals surface area contributed by atoms with E-state index in [0.717, 1.165) is 5.65 Å². The Morgan fingerprint density at radius 2 is 2.56 bits per heavy atom. The van der Waals surface area contributed by atoms with Gasteiger partial charge >= 0.3 is 0 Å². The van der Waals surface area contributed by atoms with Gasteiger partial charge in [0.15, 0.2) is 5.65 Å². The van der Waals surface area contributed by atoms with E-state index in [1.807, 2.05) is 0 Å². The van der Waals surface area contributed by atoms with E-state index < -0.39 is 0 Å². The van der Waals surface area contributed by atoms with E-state index in [1.165, 1.54) is 0 Å². The Kier molecular flexibility index (Phi) is 0.745. The molecule has 0 saturated carbocycles. The summed E-state index contributed by atoms with van der Waals surface area (Å²) in [6.07, 6.45) is 5.71. The first-order chi connectivity index (χ1) is 4.47. The second-order valence-corrected chi connectivity index (χ2v) is 1.59. The third kappa shape index (κ3) is 0.561. The Morgan fingerprint density at radius 1 is 1.56 bits per heavy atom. The molecule has 0 aliphatic rings. The summed E-state index contributed by atoms with van der Waals surface area (Å²) in [6, 6.07) is 1.77. The molecule has 43 valence electrons. The molecule has 0 bridgehead atoms. The number of nitrogens with zero attached hydrogens (tertiary/aromatic N) is 4. The van der Waals surface area contributed by atoms with Crippen LogP contribution in [-0.4, -0.2) is 19.6 Å². The van der Waals surface area contributed by atoms with E-state index in [4.69, 9.17) is 0 Å². The Hall–Kier alpha value is -1.45. The topological polar surface area (TPSA) is 43.1 Å². The predicted octanol–water partition coefficient (Wildman–Crippen LogP) is -0.0755. The molecular weight excluding hydrogens is 116 g/mol. The molecule has 0 saturated heterocycles. The fraction of sp³-hybridized carbons (Fsp3) is 0. The highest BCUT2D eigenvalue weighted by molar-refractivity contribution is 5.32. The van der Waals surface area contributed by atoms with Gasteiger partial charge in [0, 0.05) is 12.3 Å². The second kappa shape index (κ2) is 1.51. The molecule has 1 radical (unpaired) electrons. The van der Waals surface area contributed by atoms with E-state index in [2.05, 4.69) is 21.4 Å². The van der Waals surface area contributed by atoms with Crippen molar-refractivity contribution in [2.75, 3.05) is 0 Å². The van der Waals surface area contributed by atoms with Gasteiger partial charge in [-0.05, 0) is 0 Å². The van der Waals surface area contributed by atoms with Crippen molar-refractivity contribution >= 4 is 5.65 Å². The van der Waals surface area contributed by atoms with E-state index in [1.54, 1.807) is 23.1 Å². The number of hydrogen-bond acceptors (Lipinski definition) is 3. The van der Waals surface area contributed by atoms with E-state index in [-0.39, 0.29) is 0 Å². The smallest absolute Gasteiger partial charge is 0.221 e. The van der Waals surface area contributed by atoms with Crippen molar-refractivity contribution in [3.63, 3.8) is 0 Å². The number of fused-ring (bicyclic) bond motifs is 1. The van der Waals surface area contributed by atoms with Gasteiger partial charge in [0.05, 0.1) is 0 Å². The average molecular weight is 119 g/mol. The molecule has 4 heteroatoms. The van der Waals surface area contributed by atoms with Crippen LogP contribution < -0.4 is 0 Å². The minimum atomic E-state index is 0.769. The summed E-state index contributed by atoms with van der Waals surface area (Å²) in [6.45, 7) is 0. The Morgan fingerprint density at radius 3 is 3.44 bits per heavy atom. The second-order valence-electron chi connectivity index (χ2n) is 1.59. The molecule has 0 N–H and O–H groups in total. The van der Waals surface area contributed by atoms with Gasteiger partial charge < -0.3 is 0 Å². The summed E-state index contributed by atoms with van der Waals surface area (Å²) < 4.78 is 1.56. The summed E-state index contributed by atoms with van der Waals surface area (Å²) in [7, 11) is 0. The summed E-state index contributed by atoms with van der Waals surface area (Å²) >= 11 is 0. The first kappa shape index (κ1) is 4.43. The van der Waals surface area contributed by atoms with Crippen molar-refractivity contribution in [2.45, 2.75) is 0 Å². The first-order valence-electron chi connectivity index (χ1n) is 2.49. The molecule has 0 spiro atoms. The lowest BCUT2D eigenvalue weighted by Crippen LogP contribution is -1.85. The van der Waals surface area contributed by atoms with Gasteiger partial charge in [0.25, 0.3) is 0 Å². The van der Waals surface area contributed by atoms with Crippen LogP contribution in [0.2, 0.25) is 0 Å². The quantitative estimate of drug-likeness (QED) is 0.487. The average Bonchev–Trinajstić information content (AvgIpc) is 2.33. The minimum absolute atomic E-state index is 0.769. The van der Waals surface area contributed by atoms with Gasteiger partial charge in [0.1, 0.15) is 6.33 Å². The molecule has 0 aliphatic heterocycles. The van der Waals surface area contributed by atoms with Gasteiger partial charge in [0.2, 0.25) is 6.33 Å². The molecule has 0 amide bonds. The zero-order valence-electron chi connectivity index (χ0n) is 4.52. The molecule has 0 aromatic carbocycles. The van der Waals surface area contributed by atoms with Crippen LogP contribution in [0.15, 0.2) is 18.6 Å². The van der Waals surface area contributed by atoms with Gasteiger partial charge in [-0.3, -0.25) is 0 Å². The van der Waals surface area contributed by atoms with Gasteiger partial charge in [-0.15, -0.1) is 5.10 Å². The standard InChI is InChI=1S/C5H3N4/c1-2-6-4-9-5(1)7-3-8-9/h1-2,4H. The fourth-order valence-electron chi connectivity index (χ4n) is 0.634. The normalized spacial score (nSPS) is 10.2. The van der Waals surface area contributed by atoms with Crippen molar-refractivity contribution in [1.82, 2.24) is 19.6 Å². The molecule has 2 heterocycles. The van der Waals surface area contributed by atoms with Crippen molar-refractivity contribution < 1.29 is 0 Å². The van der Waals surface area contributed by atoms with Crippen LogP contribution in [0.1, 0.15) is 0 Å². The zero-order valence-corrected chi connectivity index (χ0v) is 4.52. The van der Waals surface area contributed by atoms with E-state index in [0.29, 0.717) is 0 Å². The van der Waals surface area contributed by atoms with E-state index >= 15 is 0 Å². The SMILES string of the molecule is [c]1nc2ccncn2n1. The lowest BCUT2D eigenvalue weighted by Gasteiger charge is -1.83. The van der Waals surface area contributed by atoms with Gasteiger partial charge in [-0.25, -0.2) is 14.5 Å². The highest BCUT2D eigenvalue weighted by Crippen LogP contribution is 1.90. The third-order valence-corrected chi connectivity index (χ3v) is 1.04. The van der Waals surface area contributed by atoms with Crippen LogP contribution in [0.3, 0.4) is 0 Å². The summed E-state index contributed by atoms with van der Waals surface area (Å²) in [5.41, 5.74) is 0.769. The highest BCUT2D eigenvalue weighted by atomic mass is 15.3. The number of aromatic nitrogens is 4. The monoisotopic (exact) mass is 119 g/mol. The Balaban J connectivity index is 2.95. The summed E-state index contributed by atoms with van der Waals surface area (Å²) in [5, 5.41) is 3.74. The fourth-order valence-corrected chi connectivity index (χ4v) is 0.634. The lowest BCUT2D eigenvalue weighted by atomic mass is 10.6.